The molecular weight excluding hydrogens is 396 g/mol. The van der Waals surface area contributed by atoms with Crippen molar-refractivity contribution < 1.29 is 14.6 Å². The molecule has 1 saturated heterocycles. The summed E-state index contributed by atoms with van der Waals surface area (Å²) >= 11 is 0. The number of aliphatic hydroxyl groups is 1. The zero-order valence-corrected chi connectivity index (χ0v) is 21.9. The van der Waals surface area contributed by atoms with Gasteiger partial charge < -0.3 is 14.6 Å². The first kappa shape index (κ1) is 29.9. The Labute approximate surface area is 201 Å². The zero-order chi connectivity index (χ0) is 23.0. The third-order valence-electron chi connectivity index (χ3n) is 7.08. The van der Waals surface area contributed by atoms with Crippen molar-refractivity contribution in [2.45, 2.75) is 167 Å². The molecule has 0 aromatic carbocycles. The van der Waals surface area contributed by atoms with Crippen molar-refractivity contribution in [2.75, 3.05) is 19.8 Å². The quantitative estimate of drug-likeness (QED) is 0.140. The Morgan fingerprint density at radius 1 is 0.594 bits per heavy atom. The lowest BCUT2D eigenvalue weighted by Crippen LogP contribution is -2.26. The number of hydrogen-bond acceptors (Lipinski definition) is 3. The van der Waals surface area contributed by atoms with Crippen LogP contribution in [0.2, 0.25) is 0 Å². The van der Waals surface area contributed by atoms with Gasteiger partial charge in [0.25, 0.3) is 0 Å². The second-order valence-electron chi connectivity index (χ2n) is 10.3. The van der Waals surface area contributed by atoms with Gasteiger partial charge in [-0.05, 0) is 25.7 Å². The normalized spacial score (nSPS) is 18.6. The molecule has 0 saturated carbocycles. The molecule has 1 rings (SSSR count). The fourth-order valence-corrected chi connectivity index (χ4v) is 4.87. The van der Waals surface area contributed by atoms with Gasteiger partial charge >= 0.3 is 0 Å². The van der Waals surface area contributed by atoms with Gasteiger partial charge in [0, 0.05) is 26.1 Å². The molecule has 32 heavy (non-hydrogen) atoms. The summed E-state index contributed by atoms with van der Waals surface area (Å²) in [7, 11) is 0. The monoisotopic (exact) mass is 454 g/mol. The van der Waals surface area contributed by atoms with Gasteiger partial charge in [0.15, 0.2) is 5.79 Å². The lowest BCUT2D eigenvalue weighted by Gasteiger charge is -2.21. The number of rotatable bonds is 25. The number of hydrogen-bond donors (Lipinski definition) is 1. The number of ether oxygens (including phenoxy) is 2. The minimum Gasteiger partial charge on any atom is -0.381 e. The van der Waals surface area contributed by atoms with Crippen molar-refractivity contribution in [1.82, 2.24) is 0 Å². The third-order valence-corrected chi connectivity index (χ3v) is 7.08. The molecule has 1 aliphatic rings. The van der Waals surface area contributed by atoms with Crippen LogP contribution in [0, 0.1) is 0 Å². The summed E-state index contributed by atoms with van der Waals surface area (Å²) in [4.78, 5) is 0. The summed E-state index contributed by atoms with van der Waals surface area (Å²) in [6.45, 7) is 4.94. The largest absolute Gasteiger partial charge is 0.381 e. The molecule has 0 spiro atoms. The van der Waals surface area contributed by atoms with Crippen molar-refractivity contribution >= 4 is 0 Å². The molecule has 1 aliphatic heterocycles. The maximum Gasteiger partial charge on any atom is 0.165 e. The van der Waals surface area contributed by atoms with Gasteiger partial charge in [0.1, 0.15) is 0 Å². The third kappa shape index (κ3) is 19.4. The van der Waals surface area contributed by atoms with Crippen molar-refractivity contribution in [1.29, 1.82) is 0 Å². The molecule has 0 aliphatic carbocycles. The highest BCUT2D eigenvalue weighted by atomic mass is 16.6. The first-order valence-corrected chi connectivity index (χ1v) is 14.7. The molecule has 1 heterocycles. The van der Waals surface area contributed by atoms with Crippen LogP contribution in [0.4, 0.5) is 0 Å². The molecule has 1 unspecified atom stereocenters. The van der Waals surface area contributed by atoms with E-state index < -0.39 is 5.79 Å². The summed E-state index contributed by atoms with van der Waals surface area (Å²) in [6, 6.07) is 0. The number of unbranched alkanes of at least 4 members (excludes halogenated alkanes) is 19. The van der Waals surface area contributed by atoms with Gasteiger partial charge in [-0.2, -0.15) is 0 Å². The molecule has 0 amide bonds. The van der Waals surface area contributed by atoms with Crippen LogP contribution in [0.3, 0.4) is 0 Å². The molecule has 0 aromatic rings. The summed E-state index contributed by atoms with van der Waals surface area (Å²) in [5.74, 6) is -0.787. The van der Waals surface area contributed by atoms with E-state index in [1.165, 1.54) is 128 Å². The molecule has 0 bridgehead atoms. The molecule has 1 atom stereocenters. The highest BCUT2D eigenvalue weighted by Gasteiger charge is 2.31. The van der Waals surface area contributed by atoms with E-state index in [1.54, 1.807) is 0 Å². The minimum atomic E-state index is -0.787. The molecule has 0 radical (unpaired) electrons. The second-order valence-corrected chi connectivity index (χ2v) is 10.3. The van der Waals surface area contributed by atoms with E-state index in [9.17, 15) is 5.11 Å². The van der Waals surface area contributed by atoms with Crippen LogP contribution in [0.15, 0.2) is 0 Å². The minimum absolute atomic E-state index is 0.734. The van der Waals surface area contributed by atoms with E-state index >= 15 is 0 Å². The van der Waals surface area contributed by atoms with Gasteiger partial charge in [-0.15, -0.1) is 0 Å². The van der Waals surface area contributed by atoms with Gasteiger partial charge in [-0.25, -0.2) is 0 Å². The van der Waals surface area contributed by atoms with Crippen LogP contribution >= 0.6 is 0 Å². The van der Waals surface area contributed by atoms with Gasteiger partial charge in [0.2, 0.25) is 0 Å². The Balaban J connectivity index is 1.64. The molecule has 0 aromatic heterocycles. The Hall–Kier alpha value is -0.120. The molecule has 192 valence electrons. The van der Waals surface area contributed by atoms with E-state index in [0.29, 0.717) is 0 Å². The fraction of sp³-hybridized carbons (Fsp3) is 1.00. The van der Waals surface area contributed by atoms with E-state index in [-0.39, 0.29) is 0 Å². The van der Waals surface area contributed by atoms with Crippen LogP contribution in [0.25, 0.3) is 0 Å². The van der Waals surface area contributed by atoms with E-state index in [2.05, 4.69) is 6.92 Å². The predicted molar refractivity (Wildman–Crippen MR) is 138 cm³/mol. The Bertz CT molecular complexity index is 365. The Kier molecular flexibility index (Phi) is 21.2. The highest BCUT2D eigenvalue weighted by molar-refractivity contribution is 4.72. The lowest BCUT2D eigenvalue weighted by atomic mass is 10.0. The van der Waals surface area contributed by atoms with E-state index in [4.69, 9.17) is 9.47 Å². The maximum atomic E-state index is 10.1. The summed E-state index contributed by atoms with van der Waals surface area (Å²) in [5.41, 5.74) is 0. The van der Waals surface area contributed by atoms with E-state index in [1.807, 2.05) is 0 Å². The smallest absolute Gasteiger partial charge is 0.165 e. The van der Waals surface area contributed by atoms with Crippen molar-refractivity contribution in [3.8, 4) is 0 Å². The summed E-state index contributed by atoms with van der Waals surface area (Å²) in [5, 5.41) is 10.1. The molecule has 3 nitrogen and oxygen atoms in total. The molecule has 1 N–H and O–H groups in total. The molecular formula is C29H58O3. The highest BCUT2D eigenvalue weighted by Crippen LogP contribution is 2.28. The van der Waals surface area contributed by atoms with E-state index in [0.717, 1.165) is 45.5 Å². The first-order valence-electron chi connectivity index (χ1n) is 14.7. The molecule has 3 heteroatoms. The molecule has 1 fully saturated rings. The predicted octanol–water partition coefficient (Wildman–Crippen LogP) is 9.10. The van der Waals surface area contributed by atoms with Crippen LogP contribution in [0.5, 0.6) is 0 Å². The van der Waals surface area contributed by atoms with Gasteiger partial charge in [0.05, 0.1) is 6.61 Å². The summed E-state index contributed by atoms with van der Waals surface area (Å²) in [6.07, 6.45) is 31.2. The average Bonchev–Trinajstić information content (AvgIpc) is 3.23. The SMILES string of the molecule is CCCCCCCCCCCCCCCCOCCCCCCCCCC1(O)CCCO1. The van der Waals surface area contributed by atoms with Crippen molar-refractivity contribution in [3.63, 3.8) is 0 Å². The van der Waals surface area contributed by atoms with Crippen LogP contribution < -0.4 is 0 Å². The van der Waals surface area contributed by atoms with Gasteiger partial charge in [-0.1, -0.05) is 122 Å². The van der Waals surface area contributed by atoms with Crippen LogP contribution in [-0.2, 0) is 9.47 Å². The average molecular weight is 455 g/mol. The zero-order valence-electron chi connectivity index (χ0n) is 21.9. The van der Waals surface area contributed by atoms with Crippen molar-refractivity contribution in [2.24, 2.45) is 0 Å². The van der Waals surface area contributed by atoms with Crippen molar-refractivity contribution in [3.05, 3.63) is 0 Å². The lowest BCUT2D eigenvalue weighted by molar-refractivity contribution is -0.175. The maximum absolute atomic E-state index is 10.1. The topological polar surface area (TPSA) is 38.7 Å². The standard InChI is InChI=1S/C29H58O3/c1-2-3-4-5-6-7-8-9-10-11-12-15-18-21-26-31-27-22-19-16-13-14-17-20-24-29(30)25-23-28-32-29/h30H,2-28H2,1H3. The Morgan fingerprint density at radius 3 is 1.41 bits per heavy atom. The first-order chi connectivity index (χ1) is 15.8. The van der Waals surface area contributed by atoms with Crippen LogP contribution in [-0.4, -0.2) is 30.7 Å². The second kappa shape index (κ2) is 22.7. The Morgan fingerprint density at radius 2 is 1.00 bits per heavy atom. The summed E-state index contributed by atoms with van der Waals surface area (Å²) < 4.78 is 11.2. The van der Waals surface area contributed by atoms with Crippen LogP contribution in [0.1, 0.15) is 161 Å². The van der Waals surface area contributed by atoms with Gasteiger partial charge in [-0.3, -0.25) is 0 Å². The fourth-order valence-electron chi connectivity index (χ4n) is 4.87.